The van der Waals surface area contributed by atoms with Crippen LogP contribution in [0.25, 0.3) is 22.2 Å². The normalized spacial score (nSPS) is 10.9. The minimum absolute atomic E-state index is 0.366. The zero-order chi connectivity index (χ0) is 23.2. The van der Waals surface area contributed by atoms with Gasteiger partial charge < -0.3 is 14.2 Å². The summed E-state index contributed by atoms with van der Waals surface area (Å²) in [6.07, 6.45) is 4.89. The Bertz CT molecular complexity index is 1320. The molecular formula is C25H22N4O4. The number of fused-ring (bicyclic) bond motifs is 1. The number of nitrogens with zero attached hydrogens (tertiary/aromatic N) is 3. The van der Waals surface area contributed by atoms with E-state index in [2.05, 4.69) is 20.5 Å². The van der Waals surface area contributed by atoms with E-state index in [4.69, 9.17) is 14.2 Å². The van der Waals surface area contributed by atoms with E-state index in [1.165, 1.54) is 6.21 Å². The number of hydrazone groups is 1. The van der Waals surface area contributed by atoms with Crippen LogP contribution in [0.15, 0.2) is 72.1 Å². The topological polar surface area (TPSA) is 94.9 Å². The molecule has 4 rings (SSSR count). The summed E-state index contributed by atoms with van der Waals surface area (Å²) in [7, 11) is 4.63. The minimum Gasteiger partial charge on any atom is -0.496 e. The summed E-state index contributed by atoms with van der Waals surface area (Å²) in [5, 5.41) is 4.86. The van der Waals surface area contributed by atoms with Crippen molar-refractivity contribution < 1.29 is 19.0 Å². The molecule has 0 fully saturated rings. The average Bonchev–Trinajstić information content (AvgIpc) is 2.88. The molecule has 8 nitrogen and oxygen atoms in total. The number of pyridine rings is 2. The van der Waals surface area contributed by atoms with Crippen LogP contribution in [-0.2, 0) is 0 Å². The molecule has 0 saturated heterocycles. The van der Waals surface area contributed by atoms with Gasteiger partial charge >= 0.3 is 0 Å². The smallest absolute Gasteiger partial charge is 0.272 e. The molecule has 0 saturated carbocycles. The molecule has 0 spiro atoms. The fourth-order valence-corrected chi connectivity index (χ4v) is 3.40. The van der Waals surface area contributed by atoms with E-state index in [1.54, 1.807) is 51.9 Å². The van der Waals surface area contributed by atoms with Gasteiger partial charge in [0, 0.05) is 35.0 Å². The second kappa shape index (κ2) is 9.78. The Kier molecular flexibility index (Phi) is 6.45. The Hall–Kier alpha value is -4.46. The summed E-state index contributed by atoms with van der Waals surface area (Å²) in [4.78, 5) is 21.9. The number of methoxy groups -OCH3 is 3. The van der Waals surface area contributed by atoms with Gasteiger partial charge in [0.2, 0.25) is 0 Å². The van der Waals surface area contributed by atoms with Crippen LogP contribution in [0.5, 0.6) is 17.2 Å². The van der Waals surface area contributed by atoms with E-state index < -0.39 is 0 Å². The first-order valence-electron chi connectivity index (χ1n) is 10.1. The quantitative estimate of drug-likeness (QED) is 0.342. The molecule has 0 radical (unpaired) electrons. The molecule has 2 aromatic carbocycles. The van der Waals surface area contributed by atoms with Crippen molar-refractivity contribution in [2.45, 2.75) is 0 Å². The highest BCUT2D eigenvalue weighted by Gasteiger charge is 2.14. The van der Waals surface area contributed by atoms with Gasteiger partial charge in [-0.05, 0) is 30.3 Å². The Balaban J connectivity index is 1.66. The van der Waals surface area contributed by atoms with Crippen molar-refractivity contribution in [2.75, 3.05) is 21.3 Å². The Morgan fingerprint density at radius 3 is 2.42 bits per heavy atom. The first-order valence-corrected chi connectivity index (χ1v) is 10.1. The molecule has 1 N–H and O–H groups in total. The summed E-state index contributed by atoms with van der Waals surface area (Å²) in [5.74, 6) is 1.21. The highest BCUT2D eigenvalue weighted by Crippen LogP contribution is 2.33. The van der Waals surface area contributed by atoms with Crippen molar-refractivity contribution >= 4 is 23.0 Å². The number of amides is 1. The summed E-state index contributed by atoms with van der Waals surface area (Å²) < 4.78 is 16.0. The lowest BCUT2D eigenvalue weighted by Gasteiger charge is -2.12. The first kappa shape index (κ1) is 21.8. The molecule has 2 aromatic heterocycles. The number of hydrogen-bond donors (Lipinski definition) is 1. The van der Waals surface area contributed by atoms with Gasteiger partial charge in [-0.25, -0.2) is 10.4 Å². The monoisotopic (exact) mass is 442 g/mol. The van der Waals surface area contributed by atoms with Crippen LogP contribution in [0.2, 0.25) is 0 Å². The van der Waals surface area contributed by atoms with E-state index in [0.29, 0.717) is 39.6 Å². The SMILES string of the molecule is COc1cc(OC)c(OC)cc1C=NNC(=O)c1cc(-c2cccnc2)nc2ccccc12. The molecule has 1 amide bonds. The second-order valence-electron chi connectivity index (χ2n) is 6.96. The van der Waals surface area contributed by atoms with Crippen molar-refractivity contribution in [2.24, 2.45) is 5.10 Å². The van der Waals surface area contributed by atoms with E-state index in [-0.39, 0.29) is 5.91 Å². The van der Waals surface area contributed by atoms with Crippen LogP contribution in [0.3, 0.4) is 0 Å². The first-order chi connectivity index (χ1) is 16.1. The van der Waals surface area contributed by atoms with Crippen LogP contribution in [0.4, 0.5) is 0 Å². The molecule has 2 heterocycles. The maximum absolute atomic E-state index is 13.1. The fraction of sp³-hybridized carbons (Fsp3) is 0.120. The third-order valence-corrected chi connectivity index (χ3v) is 5.02. The number of benzene rings is 2. The Morgan fingerprint density at radius 2 is 1.70 bits per heavy atom. The molecule has 166 valence electrons. The summed E-state index contributed by atoms with van der Waals surface area (Å²) in [6, 6.07) is 16.3. The zero-order valence-electron chi connectivity index (χ0n) is 18.4. The third-order valence-electron chi connectivity index (χ3n) is 5.02. The molecule has 0 aliphatic rings. The van der Waals surface area contributed by atoms with Gasteiger partial charge in [0.1, 0.15) is 5.75 Å². The van der Waals surface area contributed by atoms with Gasteiger partial charge in [-0.3, -0.25) is 9.78 Å². The van der Waals surface area contributed by atoms with Gasteiger partial charge in [-0.1, -0.05) is 18.2 Å². The number of nitrogens with one attached hydrogen (secondary N) is 1. The number of rotatable bonds is 7. The van der Waals surface area contributed by atoms with Crippen molar-refractivity contribution in [3.05, 3.63) is 78.1 Å². The highest BCUT2D eigenvalue weighted by atomic mass is 16.5. The second-order valence-corrected chi connectivity index (χ2v) is 6.96. The van der Waals surface area contributed by atoms with Crippen LogP contribution in [0, 0.1) is 0 Å². The molecule has 0 bridgehead atoms. The average molecular weight is 442 g/mol. The molecule has 0 aliphatic heterocycles. The Labute approximate surface area is 190 Å². The molecule has 0 atom stereocenters. The molecule has 33 heavy (non-hydrogen) atoms. The minimum atomic E-state index is -0.366. The van der Waals surface area contributed by atoms with E-state index in [1.807, 2.05) is 36.4 Å². The van der Waals surface area contributed by atoms with E-state index >= 15 is 0 Å². The fourth-order valence-electron chi connectivity index (χ4n) is 3.40. The molecular weight excluding hydrogens is 420 g/mol. The van der Waals surface area contributed by atoms with E-state index in [0.717, 1.165) is 10.9 Å². The number of carbonyl (C=O) groups is 1. The van der Waals surface area contributed by atoms with Crippen LogP contribution in [0.1, 0.15) is 15.9 Å². The van der Waals surface area contributed by atoms with Gasteiger partial charge in [0.25, 0.3) is 5.91 Å². The van der Waals surface area contributed by atoms with E-state index in [9.17, 15) is 4.79 Å². The van der Waals surface area contributed by atoms with Crippen LogP contribution >= 0.6 is 0 Å². The van der Waals surface area contributed by atoms with Crippen molar-refractivity contribution in [1.82, 2.24) is 15.4 Å². The summed E-state index contributed by atoms with van der Waals surface area (Å²) in [6.45, 7) is 0. The zero-order valence-corrected chi connectivity index (χ0v) is 18.4. The summed E-state index contributed by atoms with van der Waals surface area (Å²) >= 11 is 0. The van der Waals surface area contributed by atoms with Gasteiger partial charge in [0.15, 0.2) is 11.5 Å². The van der Waals surface area contributed by atoms with Gasteiger partial charge in [-0.15, -0.1) is 0 Å². The largest absolute Gasteiger partial charge is 0.496 e. The number of aromatic nitrogens is 2. The third kappa shape index (κ3) is 4.59. The maximum atomic E-state index is 13.1. The number of carbonyl (C=O) groups excluding carboxylic acids is 1. The summed E-state index contributed by atoms with van der Waals surface area (Å²) in [5.41, 5.74) is 5.84. The number of ether oxygens (including phenoxy) is 3. The number of hydrogen-bond acceptors (Lipinski definition) is 7. The lowest BCUT2D eigenvalue weighted by atomic mass is 10.0. The van der Waals surface area contributed by atoms with Crippen molar-refractivity contribution in [1.29, 1.82) is 0 Å². The number of para-hydroxylation sites is 1. The lowest BCUT2D eigenvalue weighted by molar-refractivity contribution is 0.0956. The van der Waals surface area contributed by atoms with Crippen LogP contribution in [-0.4, -0.2) is 43.4 Å². The Morgan fingerprint density at radius 1 is 0.939 bits per heavy atom. The molecule has 0 unspecified atom stereocenters. The molecule has 8 heteroatoms. The van der Waals surface area contributed by atoms with Crippen LogP contribution < -0.4 is 19.6 Å². The molecule has 0 aliphatic carbocycles. The van der Waals surface area contributed by atoms with Crippen molar-refractivity contribution in [3.8, 4) is 28.5 Å². The highest BCUT2D eigenvalue weighted by molar-refractivity contribution is 6.07. The predicted octanol–water partition coefficient (Wildman–Crippen LogP) is 4.09. The van der Waals surface area contributed by atoms with Crippen molar-refractivity contribution in [3.63, 3.8) is 0 Å². The molecule has 4 aromatic rings. The van der Waals surface area contributed by atoms with Gasteiger partial charge in [0.05, 0.1) is 44.3 Å². The van der Waals surface area contributed by atoms with Gasteiger partial charge in [-0.2, -0.15) is 5.10 Å². The maximum Gasteiger partial charge on any atom is 0.272 e. The lowest BCUT2D eigenvalue weighted by Crippen LogP contribution is -2.18. The standard InChI is InChI=1S/C25H22N4O4/c1-31-22-13-24(33-3)23(32-2)11-17(22)15-27-29-25(30)19-12-21(16-7-6-10-26-14-16)28-20-9-5-4-8-18(19)20/h4-15H,1-3H3,(H,29,30). The predicted molar refractivity (Wildman–Crippen MR) is 126 cm³/mol.